The summed E-state index contributed by atoms with van der Waals surface area (Å²) >= 11 is 0. The van der Waals surface area contributed by atoms with Crippen molar-refractivity contribution in [3.8, 4) is 11.5 Å². The molecule has 0 spiro atoms. The number of aryl methyl sites for hydroxylation is 1. The molecule has 1 aliphatic heterocycles. The van der Waals surface area contributed by atoms with Gasteiger partial charge in [0.2, 0.25) is 11.8 Å². The highest BCUT2D eigenvalue weighted by atomic mass is 16.5. The van der Waals surface area contributed by atoms with E-state index in [0.717, 1.165) is 11.3 Å². The molecule has 1 N–H and O–H groups in total. The highest BCUT2D eigenvalue weighted by Gasteiger charge is 2.26. The predicted molar refractivity (Wildman–Crippen MR) is 95.3 cm³/mol. The van der Waals surface area contributed by atoms with Crippen LogP contribution in [0.1, 0.15) is 12.0 Å². The molecule has 2 aromatic rings. The Morgan fingerprint density at radius 1 is 1.16 bits per heavy atom. The zero-order valence-corrected chi connectivity index (χ0v) is 14.2. The average Bonchev–Trinajstić information content (AvgIpc) is 2.65. The smallest absolute Gasteiger partial charge is 0.244 e. The van der Waals surface area contributed by atoms with E-state index >= 15 is 0 Å². The Morgan fingerprint density at radius 2 is 1.96 bits per heavy atom. The van der Waals surface area contributed by atoms with E-state index in [9.17, 15) is 9.59 Å². The number of anilines is 2. The van der Waals surface area contributed by atoms with E-state index in [1.807, 2.05) is 36.4 Å². The van der Waals surface area contributed by atoms with Gasteiger partial charge in [-0.1, -0.05) is 12.1 Å². The third-order valence-corrected chi connectivity index (χ3v) is 4.17. The Labute approximate surface area is 146 Å². The standard InChI is InChI=1S/C19H20N2O4/c1-24-14-8-9-17(25-2)13(11-14)7-10-19(23)21-12-18(22)20-15-5-3-4-6-16(15)21/h3-6,8-9,11H,7,10,12H2,1-2H3,(H,20,22). The SMILES string of the molecule is COc1ccc(OC)c(CCC(=O)N2CC(=O)Nc3ccccc32)c1. The molecule has 0 bridgehead atoms. The van der Waals surface area contributed by atoms with Crippen molar-refractivity contribution >= 4 is 23.2 Å². The number of carbonyl (C=O) groups excluding carboxylic acids is 2. The van der Waals surface area contributed by atoms with Crippen molar-refractivity contribution in [2.75, 3.05) is 31.0 Å². The number of nitrogens with one attached hydrogen (secondary N) is 1. The van der Waals surface area contributed by atoms with Crippen LogP contribution in [0.5, 0.6) is 11.5 Å². The molecule has 2 amide bonds. The van der Waals surface area contributed by atoms with E-state index in [4.69, 9.17) is 9.47 Å². The molecule has 1 aliphatic rings. The minimum Gasteiger partial charge on any atom is -0.497 e. The fourth-order valence-corrected chi connectivity index (χ4v) is 2.91. The lowest BCUT2D eigenvalue weighted by Gasteiger charge is -2.29. The van der Waals surface area contributed by atoms with Crippen LogP contribution in [0.2, 0.25) is 0 Å². The van der Waals surface area contributed by atoms with E-state index in [0.29, 0.717) is 23.6 Å². The van der Waals surface area contributed by atoms with Gasteiger partial charge in [-0.05, 0) is 42.3 Å². The maximum Gasteiger partial charge on any atom is 0.244 e. The molecule has 0 aliphatic carbocycles. The second-order valence-corrected chi connectivity index (χ2v) is 5.72. The first-order valence-corrected chi connectivity index (χ1v) is 8.02. The summed E-state index contributed by atoms with van der Waals surface area (Å²) < 4.78 is 10.6. The Bertz CT molecular complexity index is 804. The molecule has 0 aromatic heterocycles. The molecule has 3 rings (SSSR count). The Hall–Kier alpha value is -3.02. The van der Waals surface area contributed by atoms with E-state index in [1.54, 1.807) is 20.3 Å². The van der Waals surface area contributed by atoms with Crippen LogP contribution in [0.25, 0.3) is 0 Å². The van der Waals surface area contributed by atoms with Gasteiger partial charge in [-0.2, -0.15) is 0 Å². The van der Waals surface area contributed by atoms with Gasteiger partial charge in [0.25, 0.3) is 0 Å². The monoisotopic (exact) mass is 340 g/mol. The zero-order valence-electron chi connectivity index (χ0n) is 14.2. The number of fused-ring (bicyclic) bond motifs is 1. The number of benzene rings is 2. The summed E-state index contributed by atoms with van der Waals surface area (Å²) in [7, 11) is 3.19. The number of amides is 2. The first-order valence-electron chi connectivity index (χ1n) is 8.02. The number of para-hydroxylation sites is 2. The number of hydrogen-bond acceptors (Lipinski definition) is 4. The third kappa shape index (κ3) is 3.57. The molecule has 1 heterocycles. The number of rotatable bonds is 5. The fraction of sp³-hybridized carbons (Fsp3) is 0.263. The van der Waals surface area contributed by atoms with Gasteiger partial charge in [-0.3, -0.25) is 9.59 Å². The summed E-state index contributed by atoms with van der Waals surface area (Å²) in [5.41, 5.74) is 2.28. The average molecular weight is 340 g/mol. The number of methoxy groups -OCH3 is 2. The number of hydrogen-bond donors (Lipinski definition) is 1. The van der Waals surface area contributed by atoms with Crippen LogP contribution in [0.3, 0.4) is 0 Å². The van der Waals surface area contributed by atoms with Crippen molar-refractivity contribution in [3.05, 3.63) is 48.0 Å². The van der Waals surface area contributed by atoms with E-state index in [1.165, 1.54) is 4.90 Å². The second kappa shape index (κ2) is 7.25. The maximum absolute atomic E-state index is 12.7. The number of ether oxygens (including phenoxy) is 2. The van der Waals surface area contributed by atoms with Gasteiger partial charge in [0.1, 0.15) is 18.0 Å². The van der Waals surface area contributed by atoms with Crippen LogP contribution in [0.15, 0.2) is 42.5 Å². The van der Waals surface area contributed by atoms with Gasteiger partial charge >= 0.3 is 0 Å². The molecule has 0 atom stereocenters. The Morgan fingerprint density at radius 3 is 2.72 bits per heavy atom. The molecule has 6 heteroatoms. The lowest BCUT2D eigenvalue weighted by molar-refractivity contribution is -0.121. The van der Waals surface area contributed by atoms with Crippen LogP contribution < -0.4 is 19.7 Å². The summed E-state index contributed by atoms with van der Waals surface area (Å²) in [5.74, 6) is 1.13. The van der Waals surface area contributed by atoms with Crippen molar-refractivity contribution in [1.29, 1.82) is 0 Å². The molecule has 0 saturated heterocycles. The molecule has 25 heavy (non-hydrogen) atoms. The number of carbonyl (C=O) groups is 2. The zero-order chi connectivity index (χ0) is 17.8. The molecule has 2 aromatic carbocycles. The summed E-state index contributed by atoms with van der Waals surface area (Å²) in [6.07, 6.45) is 0.768. The molecule has 0 saturated carbocycles. The second-order valence-electron chi connectivity index (χ2n) is 5.72. The third-order valence-electron chi connectivity index (χ3n) is 4.17. The molecule has 0 unspecified atom stereocenters. The van der Waals surface area contributed by atoms with Crippen LogP contribution in [-0.4, -0.2) is 32.6 Å². The van der Waals surface area contributed by atoms with Crippen molar-refractivity contribution in [3.63, 3.8) is 0 Å². The molecular weight excluding hydrogens is 320 g/mol. The first-order chi connectivity index (χ1) is 12.1. The summed E-state index contributed by atoms with van der Waals surface area (Å²) in [6, 6.07) is 12.8. The largest absolute Gasteiger partial charge is 0.497 e. The van der Waals surface area contributed by atoms with Gasteiger partial charge in [0.05, 0.1) is 25.6 Å². The summed E-state index contributed by atoms with van der Waals surface area (Å²) in [4.78, 5) is 26.1. The normalized spacial score (nSPS) is 13.0. The lowest BCUT2D eigenvalue weighted by atomic mass is 10.1. The molecule has 0 fully saturated rings. The molecule has 0 radical (unpaired) electrons. The van der Waals surface area contributed by atoms with Gasteiger partial charge in [0, 0.05) is 6.42 Å². The van der Waals surface area contributed by atoms with Crippen LogP contribution in [-0.2, 0) is 16.0 Å². The number of nitrogens with zero attached hydrogens (tertiary/aromatic N) is 1. The van der Waals surface area contributed by atoms with E-state index in [-0.39, 0.29) is 24.8 Å². The predicted octanol–water partition coefficient (Wildman–Crippen LogP) is 2.62. The minimum atomic E-state index is -0.189. The molecular formula is C19H20N2O4. The Kier molecular flexibility index (Phi) is 4.88. The van der Waals surface area contributed by atoms with Crippen molar-refractivity contribution in [1.82, 2.24) is 0 Å². The highest BCUT2D eigenvalue weighted by molar-refractivity contribution is 6.09. The molecule has 130 valence electrons. The topological polar surface area (TPSA) is 67.9 Å². The van der Waals surface area contributed by atoms with E-state index in [2.05, 4.69) is 5.32 Å². The molecule has 6 nitrogen and oxygen atoms in total. The van der Waals surface area contributed by atoms with Crippen molar-refractivity contribution < 1.29 is 19.1 Å². The summed E-state index contributed by atoms with van der Waals surface area (Å²) in [6.45, 7) is 0.0328. The lowest BCUT2D eigenvalue weighted by Crippen LogP contribution is -2.42. The van der Waals surface area contributed by atoms with E-state index < -0.39 is 0 Å². The van der Waals surface area contributed by atoms with Crippen molar-refractivity contribution in [2.24, 2.45) is 0 Å². The highest BCUT2D eigenvalue weighted by Crippen LogP contribution is 2.30. The van der Waals surface area contributed by atoms with Crippen molar-refractivity contribution in [2.45, 2.75) is 12.8 Å². The van der Waals surface area contributed by atoms with Crippen LogP contribution >= 0.6 is 0 Å². The van der Waals surface area contributed by atoms with Crippen LogP contribution in [0, 0.1) is 0 Å². The van der Waals surface area contributed by atoms with Gasteiger partial charge < -0.3 is 19.7 Å². The minimum absolute atomic E-state index is 0.0328. The first kappa shape index (κ1) is 16.8. The quantitative estimate of drug-likeness (QED) is 0.908. The summed E-state index contributed by atoms with van der Waals surface area (Å²) in [5, 5.41) is 2.78. The van der Waals surface area contributed by atoms with Gasteiger partial charge in [-0.25, -0.2) is 0 Å². The van der Waals surface area contributed by atoms with Crippen LogP contribution in [0.4, 0.5) is 11.4 Å². The fourth-order valence-electron chi connectivity index (χ4n) is 2.91. The Balaban J connectivity index is 1.76. The van der Waals surface area contributed by atoms with Gasteiger partial charge in [0.15, 0.2) is 0 Å². The van der Waals surface area contributed by atoms with Gasteiger partial charge in [-0.15, -0.1) is 0 Å². The maximum atomic E-state index is 12.7.